The Balaban J connectivity index is 1.94. The third-order valence-electron chi connectivity index (χ3n) is 5.31. The predicted octanol–water partition coefficient (Wildman–Crippen LogP) is 2.59. The number of alkyl halides is 3. The van der Waals surface area contributed by atoms with Crippen LogP contribution in [0, 0.1) is 0 Å². The molecule has 1 aliphatic heterocycles. The second-order valence-electron chi connectivity index (χ2n) is 7.63. The Kier molecular flexibility index (Phi) is 8.20. The Labute approximate surface area is 206 Å². The number of benzene rings is 1. The van der Waals surface area contributed by atoms with Gasteiger partial charge in [-0.1, -0.05) is 18.5 Å². The van der Waals surface area contributed by atoms with Crippen LogP contribution in [-0.2, 0) is 17.4 Å². The van der Waals surface area contributed by atoms with Gasteiger partial charge in [-0.2, -0.15) is 18.3 Å². The number of hydrogen-bond donors (Lipinski definition) is 3. The molecule has 3 rings (SSSR count). The van der Waals surface area contributed by atoms with E-state index in [1.807, 2.05) is 5.48 Å². The Hall–Kier alpha value is -3.65. The minimum atomic E-state index is -4.76. The Morgan fingerprint density at radius 3 is 2.47 bits per heavy atom. The molecule has 194 valence electrons. The lowest BCUT2D eigenvalue weighted by Gasteiger charge is -2.18. The van der Waals surface area contributed by atoms with Crippen molar-refractivity contribution >= 4 is 29.5 Å². The number of amides is 3. The third kappa shape index (κ3) is 5.76. The first-order valence-corrected chi connectivity index (χ1v) is 11.0. The summed E-state index contributed by atoms with van der Waals surface area (Å²) in [6.07, 6.45) is -3.18. The van der Waals surface area contributed by atoms with E-state index in [9.17, 15) is 37.5 Å². The van der Waals surface area contributed by atoms with Crippen LogP contribution in [0.2, 0.25) is 5.02 Å². The van der Waals surface area contributed by atoms with E-state index >= 15 is 0 Å². The largest absolute Gasteiger partial charge is 0.477 e. The number of urea groups is 1. The molecule has 2 heterocycles. The van der Waals surface area contributed by atoms with E-state index in [0.29, 0.717) is 23.8 Å². The molecule has 15 heteroatoms. The van der Waals surface area contributed by atoms with Gasteiger partial charge in [0, 0.05) is 13.1 Å². The van der Waals surface area contributed by atoms with Crippen molar-refractivity contribution in [1.82, 2.24) is 25.5 Å². The van der Waals surface area contributed by atoms with Gasteiger partial charge in [-0.25, -0.2) is 19.8 Å². The minimum Gasteiger partial charge on any atom is -0.477 e. The first-order chi connectivity index (χ1) is 17.0. The predicted molar refractivity (Wildman–Crippen MR) is 119 cm³/mol. The highest BCUT2D eigenvalue weighted by atomic mass is 35.5. The number of nitrogens with zero attached hydrogens (tertiary/aromatic N) is 3. The van der Waals surface area contributed by atoms with Gasteiger partial charge in [0.2, 0.25) is 5.43 Å². The lowest BCUT2D eigenvalue weighted by atomic mass is 10.1. The Morgan fingerprint density at radius 2 is 1.89 bits per heavy atom. The van der Waals surface area contributed by atoms with Crippen molar-refractivity contribution in [2.24, 2.45) is 0 Å². The zero-order valence-electron chi connectivity index (χ0n) is 18.8. The number of rotatable bonds is 7. The Morgan fingerprint density at radius 1 is 1.22 bits per heavy atom. The summed E-state index contributed by atoms with van der Waals surface area (Å²) in [7, 11) is 0. The molecular weight excluding hydrogens is 511 g/mol. The molecule has 36 heavy (non-hydrogen) atoms. The minimum absolute atomic E-state index is 0.141. The van der Waals surface area contributed by atoms with Crippen molar-refractivity contribution in [3.05, 3.63) is 56.0 Å². The van der Waals surface area contributed by atoms with Crippen LogP contribution in [0.1, 0.15) is 51.9 Å². The molecule has 0 unspecified atom stereocenters. The maximum Gasteiger partial charge on any atom is 0.416 e. The van der Waals surface area contributed by atoms with Gasteiger partial charge in [-0.05, 0) is 37.5 Å². The van der Waals surface area contributed by atoms with E-state index in [0.717, 1.165) is 25.0 Å². The molecule has 0 saturated carbocycles. The zero-order chi connectivity index (χ0) is 26.6. The quantitative estimate of drug-likeness (QED) is 0.283. The topological polar surface area (TPSA) is 143 Å². The third-order valence-corrected chi connectivity index (χ3v) is 5.63. The van der Waals surface area contributed by atoms with Crippen molar-refractivity contribution in [3.8, 4) is 5.69 Å². The highest BCUT2D eigenvalue weighted by Crippen LogP contribution is 2.33. The second kappa shape index (κ2) is 11.0. The number of carbonyl (C=O) groups excluding carboxylic acids is 2. The van der Waals surface area contributed by atoms with Gasteiger partial charge in [0.1, 0.15) is 12.3 Å². The lowest BCUT2D eigenvalue weighted by molar-refractivity contribution is -0.137. The average molecular weight is 532 g/mol. The smallest absolute Gasteiger partial charge is 0.416 e. The van der Waals surface area contributed by atoms with Crippen molar-refractivity contribution in [1.29, 1.82) is 0 Å². The molecule has 1 saturated heterocycles. The molecule has 1 aromatic carbocycles. The monoisotopic (exact) mass is 531 g/mol. The highest BCUT2D eigenvalue weighted by molar-refractivity contribution is 6.32. The Bertz CT molecular complexity index is 1240. The second-order valence-corrected chi connectivity index (χ2v) is 8.04. The molecule has 0 atom stereocenters. The first kappa shape index (κ1) is 26.9. The summed E-state index contributed by atoms with van der Waals surface area (Å²) < 4.78 is 40.5. The summed E-state index contributed by atoms with van der Waals surface area (Å²) in [4.78, 5) is 55.6. The number of likely N-dealkylation sites (tertiary alicyclic amines) is 1. The molecule has 1 aromatic heterocycles. The average Bonchev–Trinajstić information content (AvgIpc) is 3.35. The maximum atomic E-state index is 13.3. The standard InChI is InChI=1S/C21H21ClF3N5O6/c1-2-13-15(19(33)34)17(31)16(18(32)28-36-10-26-20(35)29-7-3-4-8-29)27-30(13)14-9-11(21(23,24)25)5-6-12(14)22/h5-6,9H,2-4,7-8,10H2,1H3,(H,26,35)(H,28,32)(H,33,34). The SMILES string of the molecule is CCc1c(C(=O)O)c(=O)c(C(=O)NOCNC(=O)N2CCCC2)nn1-c1cc(C(F)(F)F)ccc1Cl. The summed E-state index contributed by atoms with van der Waals surface area (Å²) in [6.45, 7) is 2.11. The van der Waals surface area contributed by atoms with Crippen LogP contribution < -0.4 is 16.2 Å². The number of carboxylic acids is 1. The molecule has 1 fully saturated rings. The van der Waals surface area contributed by atoms with Crippen molar-refractivity contribution in [2.75, 3.05) is 19.8 Å². The van der Waals surface area contributed by atoms with Crippen LogP contribution in [-0.4, -0.2) is 57.5 Å². The number of carbonyl (C=O) groups is 3. The molecule has 1 aliphatic rings. The fourth-order valence-corrected chi connectivity index (χ4v) is 3.78. The van der Waals surface area contributed by atoms with Gasteiger partial charge >= 0.3 is 18.2 Å². The number of hydrogen-bond acceptors (Lipinski definition) is 6. The van der Waals surface area contributed by atoms with E-state index in [2.05, 4.69) is 10.4 Å². The van der Waals surface area contributed by atoms with Gasteiger partial charge in [0.05, 0.1) is 22.0 Å². The number of nitrogens with one attached hydrogen (secondary N) is 2. The summed E-state index contributed by atoms with van der Waals surface area (Å²) in [5.74, 6) is -3.00. The number of hydroxylamine groups is 1. The van der Waals surface area contributed by atoms with E-state index in [1.165, 1.54) is 11.8 Å². The normalized spacial score (nSPS) is 13.5. The summed E-state index contributed by atoms with van der Waals surface area (Å²) in [6, 6.07) is 1.85. The number of carboxylic acid groups (broad SMARTS) is 1. The highest BCUT2D eigenvalue weighted by Gasteiger charge is 2.32. The fourth-order valence-electron chi connectivity index (χ4n) is 3.59. The first-order valence-electron chi connectivity index (χ1n) is 10.7. The molecule has 0 aliphatic carbocycles. The zero-order valence-corrected chi connectivity index (χ0v) is 19.6. The van der Waals surface area contributed by atoms with Gasteiger partial charge in [0.15, 0.2) is 5.69 Å². The van der Waals surface area contributed by atoms with Crippen LogP contribution in [0.15, 0.2) is 23.0 Å². The van der Waals surface area contributed by atoms with Crippen LogP contribution in [0.25, 0.3) is 5.69 Å². The van der Waals surface area contributed by atoms with E-state index in [1.54, 1.807) is 0 Å². The summed E-state index contributed by atoms with van der Waals surface area (Å²) >= 11 is 6.08. The van der Waals surface area contributed by atoms with Crippen LogP contribution in [0.3, 0.4) is 0 Å². The van der Waals surface area contributed by atoms with Crippen LogP contribution in [0.4, 0.5) is 18.0 Å². The molecule has 11 nitrogen and oxygen atoms in total. The number of halogens is 4. The van der Waals surface area contributed by atoms with Crippen molar-refractivity contribution in [3.63, 3.8) is 0 Å². The van der Waals surface area contributed by atoms with Crippen LogP contribution >= 0.6 is 11.6 Å². The molecule has 3 N–H and O–H groups in total. The molecule has 3 amide bonds. The fraction of sp³-hybridized carbons (Fsp3) is 0.381. The molecule has 0 radical (unpaired) electrons. The molecule has 0 spiro atoms. The van der Waals surface area contributed by atoms with E-state index in [-0.39, 0.29) is 17.1 Å². The van der Waals surface area contributed by atoms with Gasteiger partial charge in [0.25, 0.3) is 5.91 Å². The van der Waals surface area contributed by atoms with Gasteiger partial charge < -0.3 is 15.3 Å². The van der Waals surface area contributed by atoms with E-state index in [4.69, 9.17) is 16.4 Å². The molecule has 0 bridgehead atoms. The summed E-state index contributed by atoms with van der Waals surface area (Å²) in [5, 5.41) is 15.6. The number of aromatic carboxylic acids is 1. The lowest BCUT2D eigenvalue weighted by Crippen LogP contribution is -2.42. The molecule has 2 aromatic rings. The van der Waals surface area contributed by atoms with Crippen molar-refractivity contribution in [2.45, 2.75) is 32.4 Å². The maximum absolute atomic E-state index is 13.3. The van der Waals surface area contributed by atoms with Crippen molar-refractivity contribution < 1.29 is 37.5 Å². The molecular formula is C21H21ClF3N5O6. The van der Waals surface area contributed by atoms with Crippen LogP contribution in [0.5, 0.6) is 0 Å². The van der Waals surface area contributed by atoms with Gasteiger partial charge in [-0.3, -0.25) is 14.4 Å². The number of aromatic nitrogens is 2. The summed E-state index contributed by atoms with van der Waals surface area (Å²) in [5.41, 5.74) is -3.02. The van der Waals surface area contributed by atoms with Gasteiger partial charge in [-0.15, -0.1) is 0 Å². The van der Waals surface area contributed by atoms with E-state index < -0.39 is 58.8 Å².